The second kappa shape index (κ2) is 4.76. The SMILES string of the molecule is COC(=O)c1[nH]ncc1CC(C)CN. The van der Waals surface area contributed by atoms with Crippen molar-refractivity contribution in [2.24, 2.45) is 11.7 Å². The molecule has 0 fully saturated rings. The summed E-state index contributed by atoms with van der Waals surface area (Å²) in [7, 11) is 1.35. The number of carbonyl (C=O) groups excluding carboxylic acids is 1. The number of hydrogen-bond donors (Lipinski definition) is 2. The Morgan fingerprint density at radius 3 is 3.07 bits per heavy atom. The van der Waals surface area contributed by atoms with Crippen molar-refractivity contribution in [1.82, 2.24) is 10.2 Å². The maximum Gasteiger partial charge on any atom is 0.356 e. The van der Waals surface area contributed by atoms with Gasteiger partial charge in [0, 0.05) is 5.56 Å². The molecule has 1 heterocycles. The van der Waals surface area contributed by atoms with Crippen molar-refractivity contribution in [3.8, 4) is 0 Å². The summed E-state index contributed by atoms with van der Waals surface area (Å²) >= 11 is 0. The lowest BCUT2D eigenvalue weighted by molar-refractivity contribution is 0.0592. The Balaban J connectivity index is 2.77. The summed E-state index contributed by atoms with van der Waals surface area (Å²) in [6.07, 6.45) is 2.37. The topological polar surface area (TPSA) is 81.0 Å². The van der Waals surface area contributed by atoms with E-state index in [4.69, 9.17) is 5.73 Å². The van der Waals surface area contributed by atoms with Crippen LogP contribution in [0.25, 0.3) is 0 Å². The number of ether oxygens (including phenoxy) is 1. The second-order valence-corrected chi connectivity index (χ2v) is 3.31. The van der Waals surface area contributed by atoms with Crippen LogP contribution >= 0.6 is 0 Å². The summed E-state index contributed by atoms with van der Waals surface area (Å²) in [6.45, 7) is 2.61. The van der Waals surface area contributed by atoms with Crippen LogP contribution in [0.1, 0.15) is 23.0 Å². The van der Waals surface area contributed by atoms with E-state index in [-0.39, 0.29) is 5.97 Å². The number of nitrogens with two attached hydrogens (primary N) is 1. The molecule has 0 amide bonds. The summed E-state index contributed by atoms with van der Waals surface area (Å²) in [5, 5.41) is 6.43. The fourth-order valence-corrected chi connectivity index (χ4v) is 1.20. The summed E-state index contributed by atoms with van der Waals surface area (Å²) in [5.74, 6) is -0.0577. The quantitative estimate of drug-likeness (QED) is 0.682. The first kappa shape index (κ1) is 10.7. The maximum atomic E-state index is 11.2. The van der Waals surface area contributed by atoms with Gasteiger partial charge >= 0.3 is 5.97 Å². The highest BCUT2D eigenvalue weighted by Crippen LogP contribution is 2.11. The van der Waals surface area contributed by atoms with E-state index in [0.717, 1.165) is 12.0 Å². The van der Waals surface area contributed by atoms with Gasteiger partial charge in [-0.05, 0) is 18.9 Å². The second-order valence-electron chi connectivity index (χ2n) is 3.31. The van der Waals surface area contributed by atoms with Crippen molar-refractivity contribution >= 4 is 5.97 Å². The molecule has 5 heteroatoms. The Morgan fingerprint density at radius 1 is 1.79 bits per heavy atom. The van der Waals surface area contributed by atoms with Gasteiger partial charge in [0.15, 0.2) is 0 Å². The lowest BCUT2D eigenvalue weighted by Crippen LogP contribution is -2.15. The molecular formula is C9H15N3O2. The zero-order chi connectivity index (χ0) is 10.6. The maximum absolute atomic E-state index is 11.2. The number of methoxy groups -OCH3 is 1. The Hall–Kier alpha value is -1.36. The van der Waals surface area contributed by atoms with Crippen LogP contribution < -0.4 is 5.73 Å². The van der Waals surface area contributed by atoms with E-state index in [1.807, 2.05) is 6.92 Å². The molecule has 1 aromatic rings. The van der Waals surface area contributed by atoms with Gasteiger partial charge < -0.3 is 10.5 Å². The number of nitrogens with one attached hydrogen (secondary N) is 1. The molecule has 1 unspecified atom stereocenters. The van der Waals surface area contributed by atoms with E-state index >= 15 is 0 Å². The van der Waals surface area contributed by atoms with Gasteiger partial charge in [0.2, 0.25) is 0 Å². The number of nitrogens with zero attached hydrogens (tertiary/aromatic N) is 1. The van der Waals surface area contributed by atoms with Crippen LogP contribution in [0, 0.1) is 5.92 Å². The number of H-pyrrole nitrogens is 1. The largest absolute Gasteiger partial charge is 0.464 e. The van der Waals surface area contributed by atoms with Gasteiger partial charge in [-0.15, -0.1) is 0 Å². The van der Waals surface area contributed by atoms with Gasteiger partial charge in [-0.1, -0.05) is 6.92 Å². The minimum absolute atomic E-state index is 0.330. The van der Waals surface area contributed by atoms with Crippen molar-refractivity contribution in [2.75, 3.05) is 13.7 Å². The van der Waals surface area contributed by atoms with Crippen molar-refractivity contribution < 1.29 is 9.53 Å². The van der Waals surface area contributed by atoms with Gasteiger partial charge in [-0.3, -0.25) is 5.10 Å². The molecule has 5 nitrogen and oxygen atoms in total. The molecule has 0 aliphatic carbocycles. The third-order valence-electron chi connectivity index (χ3n) is 2.08. The highest BCUT2D eigenvalue weighted by molar-refractivity contribution is 5.88. The average molecular weight is 197 g/mol. The van der Waals surface area contributed by atoms with Crippen molar-refractivity contribution in [1.29, 1.82) is 0 Å². The molecule has 0 aliphatic heterocycles. The Bertz CT molecular complexity index is 309. The molecule has 0 aromatic carbocycles. The van der Waals surface area contributed by atoms with Crippen molar-refractivity contribution in [2.45, 2.75) is 13.3 Å². The van der Waals surface area contributed by atoms with Gasteiger partial charge in [0.05, 0.1) is 13.3 Å². The Morgan fingerprint density at radius 2 is 2.50 bits per heavy atom. The number of aromatic amines is 1. The Kier molecular flexibility index (Phi) is 3.64. The predicted molar refractivity (Wildman–Crippen MR) is 51.8 cm³/mol. The number of rotatable bonds is 4. The molecule has 0 bridgehead atoms. The number of carbonyl (C=O) groups is 1. The van der Waals surface area contributed by atoms with Gasteiger partial charge in [-0.25, -0.2) is 4.79 Å². The van der Waals surface area contributed by atoms with E-state index in [0.29, 0.717) is 18.2 Å². The summed E-state index contributed by atoms with van der Waals surface area (Å²) in [4.78, 5) is 11.2. The Labute approximate surface area is 82.6 Å². The number of aromatic nitrogens is 2. The fraction of sp³-hybridized carbons (Fsp3) is 0.556. The first-order chi connectivity index (χ1) is 6.69. The van der Waals surface area contributed by atoms with Crippen molar-refractivity contribution in [3.05, 3.63) is 17.5 Å². The molecule has 1 atom stereocenters. The highest BCUT2D eigenvalue weighted by atomic mass is 16.5. The van der Waals surface area contributed by atoms with E-state index in [1.54, 1.807) is 6.20 Å². The molecular weight excluding hydrogens is 182 g/mol. The van der Waals surface area contributed by atoms with Crippen molar-refractivity contribution in [3.63, 3.8) is 0 Å². The highest BCUT2D eigenvalue weighted by Gasteiger charge is 2.15. The van der Waals surface area contributed by atoms with E-state index in [1.165, 1.54) is 7.11 Å². The summed E-state index contributed by atoms with van der Waals surface area (Å²) in [6, 6.07) is 0. The lowest BCUT2D eigenvalue weighted by Gasteiger charge is -2.06. The predicted octanol–water partition coefficient (Wildman–Crippen LogP) is 0.334. The smallest absolute Gasteiger partial charge is 0.356 e. The van der Waals surface area contributed by atoms with Crippen LogP contribution in [0.5, 0.6) is 0 Å². The third-order valence-corrected chi connectivity index (χ3v) is 2.08. The van der Waals surface area contributed by atoms with Crippen LogP contribution in [0.2, 0.25) is 0 Å². The molecule has 1 aromatic heterocycles. The van der Waals surface area contributed by atoms with E-state index < -0.39 is 0 Å². The normalized spacial score (nSPS) is 12.5. The first-order valence-electron chi connectivity index (χ1n) is 4.49. The van der Waals surface area contributed by atoms with Gasteiger partial charge in [0.25, 0.3) is 0 Å². The van der Waals surface area contributed by atoms with Gasteiger partial charge in [-0.2, -0.15) is 5.10 Å². The molecule has 78 valence electrons. The standard InChI is InChI=1S/C9H15N3O2/c1-6(4-10)3-7-5-11-12-8(7)9(13)14-2/h5-6H,3-4,10H2,1-2H3,(H,11,12). The molecule has 0 spiro atoms. The lowest BCUT2D eigenvalue weighted by atomic mass is 10.0. The molecule has 14 heavy (non-hydrogen) atoms. The molecule has 3 N–H and O–H groups in total. The average Bonchev–Trinajstić information content (AvgIpc) is 2.64. The third kappa shape index (κ3) is 2.32. The molecule has 0 saturated carbocycles. The summed E-state index contributed by atoms with van der Waals surface area (Å²) < 4.78 is 4.61. The van der Waals surface area contributed by atoms with Crippen LogP contribution in [-0.4, -0.2) is 29.8 Å². The van der Waals surface area contributed by atoms with E-state index in [2.05, 4.69) is 14.9 Å². The molecule has 1 rings (SSSR count). The molecule has 0 radical (unpaired) electrons. The fourth-order valence-electron chi connectivity index (χ4n) is 1.20. The van der Waals surface area contributed by atoms with E-state index in [9.17, 15) is 4.79 Å². The minimum atomic E-state index is -0.387. The zero-order valence-corrected chi connectivity index (χ0v) is 8.41. The van der Waals surface area contributed by atoms with Crippen LogP contribution in [0.3, 0.4) is 0 Å². The molecule has 0 aliphatic rings. The molecule has 0 saturated heterocycles. The number of esters is 1. The van der Waals surface area contributed by atoms with Gasteiger partial charge in [0.1, 0.15) is 5.69 Å². The van der Waals surface area contributed by atoms with Crippen LogP contribution in [-0.2, 0) is 11.2 Å². The monoisotopic (exact) mass is 197 g/mol. The van der Waals surface area contributed by atoms with Crippen LogP contribution in [0.15, 0.2) is 6.20 Å². The van der Waals surface area contributed by atoms with Crippen LogP contribution in [0.4, 0.5) is 0 Å². The number of hydrogen-bond acceptors (Lipinski definition) is 4. The summed E-state index contributed by atoms with van der Waals surface area (Å²) in [5.41, 5.74) is 6.78. The first-order valence-corrected chi connectivity index (χ1v) is 4.49. The minimum Gasteiger partial charge on any atom is -0.464 e. The zero-order valence-electron chi connectivity index (χ0n) is 8.41.